The molecule has 0 unspecified atom stereocenters. The quantitative estimate of drug-likeness (QED) is 0.406. The number of rotatable bonds is 6. The lowest BCUT2D eigenvalue weighted by molar-refractivity contribution is -0.119. The molecule has 4 aromatic rings. The van der Waals surface area contributed by atoms with E-state index in [0.717, 1.165) is 53.5 Å². The van der Waals surface area contributed by atoms with Gasteiger partial charge in [-0.3, -0.25) is 9.59 Å². The summed E-state index contributed by atoms with van der Waals surface area (Å²) in [5, 5.41) is 12.8. The third-order valence-electron chi connectivity index (χ3n) is 7.00. The highest BCUT2D eigenvalue weighted by Crippen LogP contribution is 2.31. The van der Waals surface area contributed by atoms with Crippen molar-refractivity contribution in [2.45, 2.75) is 32.2 Å². The first-order chi connectivity index (χ1) is 18.1. The van der Waals surface area contributed by atoms with E-state index in [0.29, 0.717) is 31.6 Å². The van der Waals surface area contributed by atoms with Crippen LogP contribution in [0, 0.1) is 0 Å². The van der Waals surface area contributed by atoms with Crippen molar-refractivity contribution < 1.29 is 14.3 Å². The Bertz CT molecular complexity index is 1430. The number of benzene rings is 2. The number of carbonyl (C=O) groups excluding carboxylic acids is 2. The van der Waals surface area contributed by atoms with Gasteiger partial charge in [-0.15, -0.1) is 5.10 Å². The van der Waals surface area contributed by atoms with Crippen molar-refractivity contribution in [3.8, 4) is 11.4 Å². The number of nitrogens with zero attached hydrogens (tertiary/aromatic N) is 7. The topological polar surface area (TPSA) is 98.4 Å². The minimum atomic E-state index is -0.115. The number of ether oxygens (including phenoxy) is 1. The monoisotopic (exact) mass is 497 g/mol. The van der Waals surface area contributed by atoms with E-state index in [1.54, 1.807) is 33.8 Å². The molecule has 2 aliphatic rings. The molecule has 37 heavy (non-hydrogen) atoms. The Hall–Kier alpha value is -4.47. The number of aromatic nitrogens is 5. The summed E-state index contributed by atoms with van der Waals surface area (Å²) in [7, 11) is 1.62. The van der Waals surface area contributed by atoms with Crippen molar-refractivity contribution in [1.29, 1.82) is 0 Å². The molecule has 0 atom stereocenters. The van der Waals surface area contributed by atoms with Crippen molar-refractivity contribution in [2.24, 2.45) is 0 Å². The van der Waals surface area contributed by atoms with Gasteiger partial charge in [-0.25, -0.2) is 9.36 Å². The summed E-state index contributed by atoms with van der Waals surface area (Å²) < 4.78 is 8.73. The van der Waals surface area contributed by atoms with Crippen LogP contribution in [0.15, 0.2) is 60.9 Å². The SMILES string of the molecule is COc1ccc(-n2nc(Cn3ccnn3)c3c2C(=O)N(c2ccc(N4CCCCC4=O)cc2)CC3)cc1. The molecule has 10 nitrogen and oxygen atoms in total. The second kappa shape index (κ2) is 9.53. The maximum Gasteiger partial charge on any atom is 0.277 e. The summed E-state index contributed by atoms with van der Waals surface area (Å²) in [6.45, 7) is 1.70. The first-order valence-corrected chi connectivity index (χ1v) is 12.4. The van der Waals surface area contributed by atoms with Crippen LogP contribution in [-0.4, -0.2) is 56.8 Å². The minimum absolute atomic E-state index is 0.115. The summed E-state index contributed by atoms with van der Waals surface area (Å²) >= 11 is 0. The number of fused-ring (bicyclic) bond motifs is 1. The summed E-state index contributed by atoms with van der Waals surface area (Å²) in [5.41, 5.74) is 4.70. The molecule has 0 spiro atoms. The standard InChI is InChI=1S/C27H27N7O3/c1-37-22-11-9-21(10-12-22)34-26-23(24(29-34)18-31-17-14-28-30-31)13-16-33(27(26)36)20-7-5-19(6-8-20)32-15-3-2-4-25(32)35/h5-12,14,17H,2-4,13,15-16,18H2,1H3. The molecule has 1 fully saturated rings. The molecular weight excluding hydrogens is 470 g/mol. The van der Waals surface area contributed by atoms with Crippen LogP contribution in [0.25, 0.3) is 5.69 Å². The van der Waals surface area contributed by atoms with Crippen LogP contribution in [-0.2, 0) is 17.8 Å². The molecule has 0 saturated carbocycles. The summed E-state index contributed by atoms with van der Waals surface area (Å²) in [4.78, 5) is 29.9. The van der Waals surface area contributed by atoms with Crippen molar-refractivity contribution >= 4 is 23.2 Å². The lowest BCUT2D eigenvalue weighted by atomic mass is 10.0. The van der Waals surface area contributed by atoms with Crippen LogP contribution in [0.4, 0.5) is 11.4 Å². The van der Waals surface area contributed by atoms with Crippen molar-refractivity contribution in [2.75, 3.05) is 30.0 Å². The van der Waals surface area contributed by atoms with Crippen molar-refractivity contribution in [3.63, 3.8) is 0 Å². The smallest absolute Gasteiger partial charge is 0.277 e. The van der Waals surface area contributed by atoms with Crippen LogP contribution in [0.3, 0.4) is 0 Å². The lowest BCUT2D eigenvalue weighted by Gasteiger charge is -2.30. The Kier molecular flexibility index (Phi) is 5.91. The molecular formula is C27H27N7O3. The Morgan fingerprint density at radius 1 is 0.865 bits per heavy atom. The second-order valence-corrected chi connectivity index (χ2v) is 9.21. The van der Waals surface area contributed by atoms with Gasteiger partial charge in [0.1, 0.15) is 11.4 Å². The first-order valence-electron chi connectivity index (χ1n) is 12.4. The number of hydrogen-bond donors (Lipinski definition) is 0. The number of hydrogen-bond acceptors (Lipinski definition) is 6. The molecule has 6 rings (SSSR count). The maximum atomic E-state index is 13.9. The first kappa shape index (κ1) is 23.0. The summed E-state index contributed by atoms with van der Waals surface area (Å²) in [5.74, 6) is 0.769. The molecule has 2 aromatic carbocycles. The van der Waals surface area contributed by atoms with Crippen molar-refractivity contribution in [3.05, 3.63) is 77.9 Å². The number of piperidine rings is 1. The Balaban J connectivity index is 1.35. The zero-order chi connectivity index (χ0) is 25.4. The minimum Gasteiger partial charge on any atom is -0.497 e. The zero-order valence-electron chi connectivity index (χ0n) is 20.6. The average Bonchev–Trinajstić information content (AvgIpc) is 3.58. The van der Waals surface area contributed by atoms with Crippen LogP contribution < -0.4 is 14.5 Å². The predicted molar refractivity (Wildman–Crippen MR) is 137 cm³/mol. The summed E-state index contributed by atoms with van der Waals surface area (Å²) in [6, 6.07) is 15.2. The van der Waals surface area contributed by atoms with E-state index in [1.165, 1.54) is 0 Å². The Morgan fingerprint density at radius 2 is 1.59 bits per heavy atom. The van der Waals surface area contributed by atoms with Crippen LogP contribution in [0.1, 0.15) is 41.0 Å². The van der Waals surface area contributed by atoms with E-state index in [9.17, 15) is 9.59 Å². The number of methoxy groups -OCH3 is 1. The number of anilines is 2. The highest BCUT2D eigenvalue weighted by molar-refractivity contribution is 6.07. The van der Waals surface area contributed by atoms with Gasteiger partial charge in [-0.1, -0.05) is 5.21 Å². The van der Waals surface area contributed by atoms with E-state index in [4.69, 9.17) is 9.84 Å². The number of carbonyl (C=O) groups is 2. The fraction of sp³-hybridized carbons (Fsp3) is 0.296. The van der Waals surface area contributed by atoms with Gasteiger partial charge in [0.25, 0.3) is 5.91 Å². The largest absolute Gasteiger partial charge is 0.497 e. The zero-order valence-corrected chi connectivity index (χ0v) is 20.6. The molecule has 0 radical (unpaired) electrons. The fourth-order valence-electron chi connectivity index (χ4n) is 5.08. The van der Waals surface area contributed by atoms with E-state index in [1.807, 2.05) is 53.4 Å². The third kappa shape index (κ3) is 4.24. The molecule has 1 saturated heterocycles. The van der Waals surface area contributed by atoms with E-state index < -0.39 is 0 Å². The van der Waals surface area contributed by atoms with Crippen LogP contribution in [0.5, 0.6) is 5.75 Å². The summed E-state index contributed by atoms with van der Waals surface area (Å²) in [6.07, 6.45) is 6.60. The van der Waals surface area contributed by atoms with Gasteiger partial charge in [-0.05, 0) is 67.8 Å². The van der Waals surface area contributed by atoms with Gasteiger partial charge in [0, 0.05) is 42.6 Å². The molecule has 10 heteroatoms. The second-order valence-electron chi connectivity index (χ2n) is 9.21. The molecule has 4 heterocycles. The van der Waals surface area contributed by atoms with Gasteiger partial charge in [-0.2, -0.15) is 5.10 Å². The molecule has 2 aliphatic heterocycles. The van der Waals surface area contributed by atoms with Gasteiger partial charge >= 0.3 is 0 Å². The lowest BCUT2D eigenvalue weighted by Crippen LogP contribution is -2.39. The molecule has 2 aromatic heterocycles. The maximum absolute atomic E-state index is 13.9. The highest BCUT2D eigenvalue weighted by atomic mass is 16.5. The van der Waals surface area contributed by atoms with Gasteiger partial charge < -0.3 is 14.5 Å². The molecule has 0 N–H and O–H groups in total. The normalized spacial score (nSPS) is 15.7. The van der Waals surface area contributed by atoms with Gasteiger partial charge in [0.2, 0.25) is 5.91 Å². The van der Waals surface area contributed by atoms with Crippen LogP contribution in [0.2, 0.25) is 0 Å². The Labute approximate surface area is 214 Å². The predicted octanol–water partition coefficient (Wildman–Crippen LogP) is 3.24. The average molecular weight is 498 g/mol. The van der Waals surface area contributed by atoms with Crippen LogP contribution >= 0.6 is 0 Å². The molecule has 0 bridgehead atoms. The fourth-order valence-corrected chi connectivity index (χ4v) is 5.08. The van der Waals surface area contributed by atoms with Crippen molar-refractivity contribution in [1.82, 2.24) is 24.8 Å². The van der Waals surface area contributed by atoms with E-state index >= 15 is 0 Å². The molecule has 0 aliphatic carbocycles. The number of amides is 2. The third-order valence-corrected chi connectivity index (χ3v) is 7.00. The van der Waals surface area contributed by atoms with E-state index in [-0.39, 0.29) is 11.8 Å². The highest BCUT2D eigenvalue weighted by Gasteiger charge is 2.33. The van der Waals surface area contributed by atoms with Gasteiger partial charge in [0.05, 0.1) is 31.2 Å². The Morgan fingerprint density at radius 3 is 2.27 bits per heavy atom. The molecule has 2 amide bonds. The molecule has 188 valence electrons. The van der Waals surface area contributed by atoms with Gasteiger partial charge in [0.15, 0.2) is 0 Å². The van der Waals surface area contributed by atoms with E-state index in [2.05, 4.69) is 10.3 Å².